The molecule has 4 aromatic rings. The smallest absolute Gasteiger partial charge is 0.211 e. The lowest BCUT2D eigenvalue weighted by Crippen LogP contribution is -2.24. The molecule has 0 saturated heterocycles. The number of benzene rings is 1. The van der Waals surface area contributed by atoms with Gasteiger partial charge in [0.2, 0.25) is 15.8 Å². The summed E-state index contributed by atoms with van der Waals surface area (Å²) in [7, 11) is -3.21. The van der Waals surface area contributed by atoms with Gasteiger partial charge in [-0.2, -0.15) is 0 Å². The Labute approximate surface area is 186 Å². The molecule has 6 nitrogen and oxygen atoms in total. The molecule has 0 bridgehead atoms. The third-order valence-electron chi connectivity index (χ3n) is 5.56. The van der Waals surface area contributed by atoms with E-state index in [4.69, 9.17) is 0 Å². The van der Waals surface area contributed by atoms with Crippen molar-refractivity contribution in [2.24, 2.45) is 0 Å². The van der Waals surface area contributed by atoms with Gasteiger partial charge in [0, 0.05) is 41.6 Å². The van der Waals surface area contributed by atoms with Crippen LogP contribution in [0.25, 0.3) is 21.1 Å². The average molecular weight is 458 g/mol. The summed E-state index contributed by atoms with van der Waals surface area (Å²) in [4.78, 5) is 14.9. The van der Waals surface area contributed by atoms with Crippen LogP contribution in [0.15, 0.2) is 41.8 Å². The number of rotatable bonds is 9. The molecule has 0 amide bonds. The highest BCUT2D eigenvalue weighted by molar-refractivity contribution is 7.88. The zero-order valence-electron chi connectivity index (χ0n) is 18.0. The maximum absolute atomic E-state index is 13.8. The molecule has 4 rings (SSSR count). The van der Waals surface area contributed by atoms with Gasteiger partial charge in [0.25, 0.3) is 0 Å². The third kappa shape index (κ3) is 4.20. The number of ketones is 1. The number of carbonyl (C=O) groups is 1. The molecular weight excluding hydrogens is 430 g/mol. The quantitative estimate of drug-likeness (QED) is 0.296. The molecule has 31 heavy (non-hydrogen) atoms. The first-order valence-corrected chi connectivity index (χ1v) is 13.2. The van der Waals surface area contributed by atoms with E-state index >= 15 is 0 Å². The summed E-state index contributed by atoms with van der Waals surface area (Å²) in [5.41, 5.74) is 3.37. The van der Waals surface area contributed by atoms with Crippen LogP contribution in [-0.2, 0) is 23.1 Å². The molecule has 164 valence electrons. The minimum absolute atomic E-state index is 0.0403. The Morgan fingerprint density at radius 3 is 2.65 bits per heavy atom. The Morgan fingerprint density at radius 2 is 1.90 bits per heavy atom. The zero-order chi connectivity index (χ0) is 22.2. The SMILES string of the molecule is CCCn1c(C(=O)c2c(C)n(CCCNS(C)(=O)=O)c3ccccc23)cc2ccsc21. The van der Waals surface area contributed by atoms with Crippen LogP contribution < -0.4 is 4.72 Å². The van der Waals surface area contributed by atoms with Crippen molar-refractivity contribution in [1.82, 2.24) is 13.9 Å². The summed E-state index contributed by atoms with van der Waals surface area (Å²) < 4.78 is 29.5. The molecule has 8 heteroatoms. The van der Waals surface area contributed by atoms with E-state index in [2.05, 4.69) is 32.2 Å². The monoisotopic (exact) mass is 457 g/mol. The van der Waals surface area contributed by atoms with E-state index in [0.717, 1.165) is 57.3 Å². The minimum Gasteiger partial charge on any atom is -0.344 e. The number of para-hydroxylation sites is 1. The first kappa shape index (κ1) is 21.8. The van der Waals surface area contributed by atoms with Gasteiger partial charge in [-0.05, 0) is 43.3 Å². The van der Waals surface area contributed by atoms with Crippen LogP contribution in [0.2, 0.25) is 0 Å². The summed E-state index contributed by atoms with van der Waals surface area (Å²) in [6.07, 6.45) is 2.76. The normalized spacial score (nSPS) is 12.2. The van der Waals surface area contributed by atoms with Crippen LogP contribution in [-0.4, -0.2) is 36.1 Å². The fourth-order valence-corrected chi connectivity index (χ4v) is 5.68. The van der Waals surface area contributed by atoms with Gasteiger partial charge < -0.3 is 9.13 Å². The van der Waals surface area contributed by atoms with Crippen molar-refractivity contribution in [3.8, 4) is 0 Å². The van der Waals surface area contributed by atoms with Crippen molar-refractivity contribution in [2.75, 3.05) is 12.8 Å². The number of aryl methyl sites for hydroxylation is 2. The van der Waals surface area contributed by atoms with Crippen LogP contribution in [0.4, 0.5) is 0 Å². The predicted octanol–water partition coefficient (Wildman–Crippen LogP) is 4.55. The van der Waals surface area contributed by atoms with Crippen molar-refractivity contribution in [3.05, 3.63) is 58.7 Å². The molecule has 0 fully saturated rings. The fourth-order valence-electron chi connectivity index (χ4n) is 4.24. The summed E-state index contributed by atoms with van der Waals surface area (Å²) in [6.45, 7) is 5.90. The van der Waals surface area contributed by atoms with Crippen molar-refractivity contribution in [3.63, 3.8) is 0 Å². The van der Waals surface area contributed by atoms with E-state index in [0.29, 0.717) is 19.5 Å². The lowest BCUT2D eigenvalue weighted by atomic mass is 10.0. The highest BCUT2D eigenvalue weighted by Gasteiger charge is 2.24. The molecule has 0 radical (unpaired) electrons. The molecule has 0 aliphatic heterocycles. The maximum Gasteiger partial charge on any atom is 0.211 e. The molecule has 3 heterocycles. The van der Waals surface area contributed by atoms with E-state index in [1.54, 1.807) is 11.3 Å². The van der Waals surface area contributed by atoms with Crippen molar-refractivity contribution < 1.29 is 13.2 Å². The van der Waals surface area contributed by atoms with Gasteiger partial charge in [0.15, 0.2) is 0 Å². The van der Waals surface area contributed by atoms with Gasteiger partial charge in [0.05, 0.1) is 17.5 Å². The summed E-state index contributed by atoms with van der Waals surface area (Å²) in [5.74, 6) is 0.0403. The zero-order valence-corrected chi connectivity index (χ0v) is 19.6. The number of hydrogen-bond acceptors (Lipinski definition) is 4. The fraction of sp³-hybridized carbons (Fsp3) is 0.348. The Morgan fingerprint density at radius 1 is 1.13 bits per heavy atom. The van der Waals surface area contributed by atoms with Crippen LogP contribution in [0, 0.1) is 6.92 Å². The van der Waals surface area contributed by atoms with Crippen LogP contribution in [0.3, 0.4) is 0 Å². The second-order valence-corrected chi connectivity index (χ2v) is 10.6. The van der Waals surface area contributed by atoms with Crippen LogP contribution >= 0.6 is 11.3 Å². The van der Waals surface area contributed by atoms with Crippen LogP contribution in [0.5, 0.6) is 0 Å². The molecule has 0 atom stereocenters. The second-order valence-electron chi connectivity index (χ2n) is 7.84. The highest BCUT2D eigenvalue weighted by atomic mass is 32.2. The molecule has 0 aliphatic carbocycles. The predicted molar refractivity (Wildman–Crippen MR) is 128 cm³/mol. The number of nitrogens with zero attached hydrogens (tertiary/aromatic N) is 2. The maximum atomic E-state index is 13.8. The number of aromatic nitrogens is 2. The standard InChI is InChI=1S/C23H27N3O3S2/c1-4-12-26-20(15-17-10-14-30-23(17)26)22(27)21-16(2)25(13-7-11-24-31(3,28)29)19-9-6-5-8-18(19)21/h5-6,8-10,14-15,24H,4,7,11-13H2,1-3H3. The molecule has 1 N–H and O–H groups in total. The summed E-state index contributed by atoms with van der Waals surface area (Å²) in [5, 5.41) is 4.11. The molecule has 1 aromatic carbocycles. The molecule has 0 saturated carbocycles. The van der Waals surface area contributed by atoms with E-state index in [-0.39, 0.29) is 5.78 Å². The Hall–Kier alpha value is -2.42. The minimum atomic E-state index is -3.21. The first-order chi connectivity index (χ1) is 14.8. The highest BCUT2D eigenvalue weighted by Crippen LogP contribution is 2.32. The Bertz CT molecular complexity index is 1360. The van der Waals surface area contributed by atoms with E-state index in [1.807, 2.05) is 37.3 Å². The van der Waals surface area contributed by atoms with Gasteiger partial charge in [0.1, 0.15) is 4.83 Å². The number of nitrogens with one attached hydrogen (secondary N) is 1. The lowest BCUT2D eigenvalue weighted by Gasteiger charge is -2.10. The molecular formula is C23H27N3O3S2. The average Bonchev–Trinajstić information content (AvgIpc) is 3.37. The lowest BCUT2D eigenvalue weighted by molar-refractivity contribution is 0.103. The number of hydrogen-bond donors (Lipinski definition) is 1. The molecule has 0 spiro atoms. The van der Waals surface area contributed by atoms with Gasteiger partial charge >= 0.3 is 0 Å². The number of sulfonamides is 1. The second kappa shape index (κ2) is 8.61. The third-order valence-corrected chi connectivity index (χ3v) is 7.24. The van der Waals surface area contributed by atoms with E-state index < -0.39 is 10.0 Å². The number of carbonyl (C=O) groups excluding carboxylic acids is 1. The summed E-state index contributed by atoms with van der Waals surface area (Å²) in [6, 6.07) is 12.0. The number of thiophene rings is 1. The topological polar surface area (TPSA) is 73.1 Å². The first-order valence-electron chi connectivity index (χ1n) is 10.5. The van der Waals surface area contributed by atoms with Crippen molar-refractivity contribution in [2.45, 2.75) is 39.8 Å². The molecule has 3 aromatic heterocycles. The Kier molecular flexibility index (Phi) is 6.05. The molecule has 0 aliphatic rings. The van der Waals surface area contributed by atoms with Crippen molar-refractivity contribution in [1.29, 1.82) is 0 Å². The van der Waals surface area contributed by atoms with Crippen molar-refractivity contribution >= 4 is 48.3 Å². The Balaban J connectivity index is 1.74. The van der Waals surface area contributed by atoms with Gasteiger partial charge in [-0.1, -0.05) is 25.1 Å². The number of fused-ring (bicyclic) bond motifs is 2. The van der Waals surface area contributed by atoms with Gasteiger partial charge in [-0.25, -0.2) is 13.1 Å². The molecule has 0 unspecified atom stereocenters. The summed E-state index contributed by atoms with van der Waals surface area (Å²) >= 11 is 1.67. The van der Waals surface area contributed by atoms with E-state index in [1.165, 1.54) is 0 Å². The van der Waals surface area contributed by atoms with Crippen LogP contribution in [0.1, 0.15) is 41.5 Å². The van der Waals surface area contributed by atoms with E-state index in [9.17, 15) is 13.2 Å². The largest absolute Gasteiger partial charge is 0.344 e. The van der Waals surface area contributed by atoms with Gasteiger partial charge in [-0.3, -0.25) is 4.79 Å². The van der Waals surface area contributed by atoms with Gasteiger partial charge in [-0.15, -0.1) is 11.3 Å².